The van der Waals surface area contributed by atoms with Gasteiger partial charge in [0.25, 0.3) is 0 Å². The molecule has 0 fully saturated rings. The van der Waals surface area contributed by atoms with Crippen LogP contribution in [-0.2, 0) is 0 Å². The van der Waals surface area contributed by atoms with Gasteiger partial charge in [0.15, 0.2) is 5.51 Å². The molecule has 0 bridgehead atoms. The van der Waals surface area contributed by atoms with E-state index in [1.165, 1.54) is 16.0 Å². The van der Waals surface area contributed by atoms with Gasteiger partial charge in [0.2, 0.25) is 0 Å². The van der Waals surface area contributed by atoms with E-state index in [-0.39, 0.29) is 0 Å². The minimum Gasteiger partial charge on any atom is -0.233 e. The third kappa shape index (κ3) is 1.63. The van der Waals surface area contributed by atoms with Gasteiger partial charge in [-0.2, -0.15) is 0 Å². The molecule has 0 saturated heterocycles. The molecule has 0 atom stereocenters. The van der Waals surface area contributed by atoms with Gasteiger partial charge in [0.05, 0.1) is 5.69 Å². The molecule has 1 nitrogen and oxygen atoms in total. The van der Waals surface area contributed by atoms with E-state index in [1.807, 2.05) is 0 Å². The third-order valence-electron chi connectivity index (χ3n) is 1.98. The Morgan fingerprint density at radius 3 is 2.77 bits per heavy atom. The van der Waals surface area contributed by atoms with Gasteiger partial charge in [-0.3, -0.25) is 0 Å². The summed E-state index contributed by atoms with van der Waals surface area (Å²) in [6.07, 6.45) is 0. The normalized spacial score (nSPS) is 10.3. The second-order valence-electron chi connectivity index (χ2n) is 3.08. The lowest BCUT2D eigenvalue weighted by Gasteiger charge is -1.99. The summed E-state index contributed by atoms with van der Waals surface area (Å²) in [7, 11) is 0. The number of hydrogen-bond donors (Lipinski definition) is 0. The lowest BCUT2D eigenvalue weighted by Crippen LogP contribution is -1.80. The second-order valence-corrected chi connectivity index (χ2v) is 4.08. The minimum atomic E-state index is 1.06. The van der Waals surface area contributed by atoms with Crippen molar-refractivity contribution in [3.63, 3.8) is 0 Å². The zero-order chi connectivity index (χ0) is 9.26. The molecule has 0 unspecified atom stereocenters. The van der Waals surface area contributed by atoms with E-state index in [0.717, 1.165) is 5.69 Å². The lowest BCUT2D eigenvalue weighted by atomic mass is 10.1. The maximum absolute atomic E-state index is 4.22. The quantitative estimate of drug-likeness (QED) is 0.669. The standard InChI is InChI=1S/C11H10NS/c1-8-4-3-5-10(6-8)11-9(2)13-7-12-11/h3-6H,1-2H3. The molecular formula is C11H10NS. The summed E-state index contributed by atoms with van der Waals surface area (Å²) in [4.78, 5) is 5.45. The molecular weight excluding hydrogens is 178 g/mol. The van der Waals surface area contributed by atoms with Crippen molar-refractivity contribution >= 4 is 11.3 Å². The summed E-state index contributed by atoms with van der Waals surface area (Å²) < 4.78 is 0. The van der Waals surface area contributed by atoms with Crippen LogP contribution in [0.5, 0.6) is 0 Å². The van der Waals surface area contributed by atoms with E-state index < -0.39 is 0 Å². The SMILES string of the molecule is Cc1cccc(-c2n[c]sc2C)c1. The van der Waals surface area contributed by atoms with Crippen molar-refractivity contribution in [1.82, 2.24) is 4.98 Å². The topological polar surface area (TPSA) is 12.9 Å². The third-order valence-corrected chi connectivity index (χ3v) is 2.66. The Morgan fingerprint density at radius 1 is 1.31 bits per heavy atom. The van der Waals surface area contributed by atoms with E-state index in [0.29, 0.717) is 0 Å². The van der Waals surface area contributed by atoms with Crippen LogP contribution in [0.2, 0.25) is 0 Å². The molecule has 0 aliphatic heterocycles. The maximum Gasteiger partial charge on any atom is 0.153 e. The fraction of sp³-hybridized carbons (Fsp3) is 0.182. The van der Waals surface area contributed by atoms with Crippen molar-refractivity contribution in [3.05, 3.63) is 40.2 Å². The number of hydrogen-bond acceptors (Lipinski definition) is 2. The Morgan fingerprint density at radius 2 is 2.15 bits per heavy atom. The van der Waals surface area contributed by atoms with Crippen molar-refractivity contribution in [1.29, 1.82) is 0 Å². The molecule has 1 aromatic carbocycles. The van der Waals surface area contributed by atoms with Crippen molar-refractivity contribution < 1.29 is 0 Å². The molecule has 0 saturated carbocycles. The molecule has 0 aliphatic rings. The largest absolute Gasteiger partial charge is 0.233 e. The number of aromatic nitrogens is 1. The van der Waals surface area contributed by atoms with Crippen molar-refractivity contribution in [2.24, 2.45) is 0 Å². The van der Waals surface area contributed by atoms with E-state index >= 15 is 0 Å². The monoisotopic (exact) mass is 188 g/mol. The summed E-state index contributed by atoms with van der Waals surface area (Å²) in [5, 5.41) is 0. The van der Waals surface area contributed by atoms with Gasteiger partial charge in [0.1, 0.15) is 0 Å². The number of nitrogens with zero attached hydrogens (tertiary/aromatic N) is 1. The highest BCUT2D eigenvalue weighted by Gasteiger charge is 2.04. The highest BCUT2D eigenvalue weighted by molar-refractivity contribution is 7.09. The van der Waals surface area contributed by atoms with Crippen LogP contribution in [0.15, 0.2) is 24.3 Å². The molecule has 1 radical (unpaired) electrons. The van der Waals surface area contributed by atoms with Gasteiger partial charge in [-0.15, -0.1) is 11.3 Å². The fourth-order valence-corrected chi connectivity index (χ4v) is 1.86. The fourth-order valence-electron chi connectivity index (χ4n) is 1.32. The first-order chi connectivity index (χ1) is 6.27. The highest BCUT2D eigenvalue weighted by Crippen LogP contribution is 2.24. The van der Waals surface area contributed by atoms with Gasteiger partial charge in [-0.05, 0) is 19.9 Å². The first-order valence-electron chi connectivity index (χ1n) is 4.18. The number of aryl methyl sites for hydroxylation is 2. The lowest BCUT2D eigenvalue weighted by molar-refractivity contribution is 1.35. The predicted molar refractivity (Wildman–Crippen MR) is 55.9 cm³/mol. The van der Waals surface area contributed by atoms with Gasteiger partial charge in [-0.25, -0.2) is 4.98 Å². The highest BCUT2D eigenvalue weighted by atomic mass is 32.1. The van der Waals surface area contributed by atoms with E-state index in [4.69, 9.17) is 0 Å². The van der Waals surface area contributed by atoms with E-state index in [2.05, 4.69) is 48.6 Å². The molecule has 0 spiro atoms. The zero-order valence-corrected chi connectivity index (χ0v) is 8.48. The molecule has 2 heteroatoms. The average Bonchev–Trinajstić information content (AvgIpc) is 2.51. The average molecular weight is 188 g/mol. The number of benzene rings is 1. The molecule has 65 valence electrons. The van der Waals surface area contributed by atoms with Crippen LogP contribution in [0.25, 0.3) is 11.3 Å². The minimum absolute atomic E-state index is 1.06. The maximum atomic E-state index is 4.22. The molecule has 1 aromatic heterocycles. The smallest absolute Gasteiger partial charge is 0.153 e. The Labute approximate surface area is 82.1 Å². The van der Waals surface area contributed by atoms with Gasteiger partial charge in [0, 0.05) is 10.4 Å². The molecule has 2 aromatic rings. The van der Waals surface area contributed by atoms with E-state index in [1.54, 1.807) is 11.3 Å². The first kappa shape index (κ1) is 8.45. The van der Waals surface area contributed by atoms with Crippen LogP contribution in [-0.4, -0.2) is 4.98 Å². The van der Waals surface area contributed by atoms with Crippen molar-refractivity contribution in [3.8, 4) is 11.3 Å². The number of thiazole rings is 1. The zero-order valence-electron chi connectivity index (χ0n) is 7.66. The van der Waals surface area contributed by atoms with Crippen LogP contribution < -0.4 is 0 Å². The summed E-state index contributed by atoms with van der Waals surface area (Å²) >= 11 is 1.57. The molecule has 13 heavy (non-hydrogen) atoms. The van der Waals surface area contributed by atoms with Gasteiger partial charge < -0.3 is 0 Å². The summed E-state index contributed by atoms with van der Waals surface area (Å²) in [6.45, 7) is 4.17. The molecule has 1 heterocycles. The van der Waals surface area contributed by atoms with Crippen molar-refractivity contribution in [2.75, 3.05) is 0 Å². The molecule has 0 N–H and O–H groups in total. The Hall–Kier alpha value is -1.15. The summed E-state index contributed by atoms with van der Waals surface area (Å²) in [5.41, 5.74) is 6.43. The van der Waals surface area contributed by atoms with Crippen LogP contribution in [0.4, 0.5) is 0 Å². The summed E-state index contributed by atoms with van der Waals surface area (Å²) in [5.74, 6) is 0. The molecule has 2 rings (SSSR count). The van der Waals surface area contributed by atoms with Gasteiger partial charge >= 0.3 is 0 Å². The van der Waals surface area contributed by atoms with Crippen molar-refractivity contribution in [2.45, 2.75) is 13.8 Å². The molecule has 0 amide bonds. The molecule has 0 aliphatic carbocycles. The van der Waals surface area contributed by atoms with Crippen LogP contribution in [0, 0.1) is 19.4 Å². The predicted octanol–water partition coefficient (Wildman–Crippen LogP) is 3.23. The van der Waals surface area contributed by atoms with Crippen LogP contribution in [0.1, 0.15) is 10.4 Å². The first-order valence-corrected chi connectivity index (χ1v) is 4.99. The number of rotatable bonds is 1. The van der Waals surface area contributed by atoms with Crippen LogP contribution >= 0.6 is 11.3 Å². The second kappa shape index (κ2) is 3.30. The summed E-state index contributed by atoms with van der Waals surface area (Å²) in [6, 6.07) is 8.39. The Kier molecular flexibility index (Phi) is 2.15. The Bertz CT molecular complexity index is 418. The Balaban J connectivity index is 2.53. The van der Waals surface area contributed by atoms with E-state index in [9.17, 15) is 0 Å². The van der Waals surface area contributed by atoms with Crippen LogP contribution in [0.3, 0.4) is 0 Å². The van der Waals surface area contributed by atoms with Gasteiger partial charge in [-0.1, -0.05) is 23.8 Å².